The van der Waals surface area contributed by atoms with Crippen molar-refractivity contribution >= 4 is 0 Å². The molecule has 0 unspecified atom stereocenters. The summed E-state index contributed by atoms with van der Waals surface area (Å²) < 4.78 is 0. The van der Waals surface area contributed by atoms with Crippen molar-refractivity contribution < 1.29 is 0 Å². The van der Waals surface area contributed by atoms with Gasteiger partial charge >= 0.3 is 0 Å². The second-order valence-corrected chi connectivity index (χ2v) is 7.84. The Bertz CT molecular complexity index is 265. The van der Waals surface area contributed by atoms with Gasteiger partial charge in [0.2, 0.25) is 0 Å². The summed E-state index contributed by atoms with van der Waals surface area (Å²) in [6.07, 6.45) is 28.9. The van der Waals surface area contributed by atoms with E-state index in [1.807, 2.05) is 0 Å². The number of unbranched alkanes of at least 4 members (excludes halogenated alkanes) is 12. The maximum Gasteiger partial charge on any atom is -0.00187 e. The first-order chi connectivity index (χ1) is 11.9. The second-order valence-electron chi connectivity index (χ2n) is 7.84. The topological polar surface area (TPSA) is 3.24 Å². The lowest BCUT2D eigenvalue weighted by Gasteiger charge is -2.26. The molecule has 0 atom stereocenters. The highest BCUT2D eigenvalue weighted by atomic mass is 15.1. The van der Waals surface area contributed by atoms with E-state index in [0.717, 1.165) is 0 Å². The van der Waals surface area contributed by atoms with Crippen LogP contribution in [0.25, 0.3) is 0 Å². The molecule has 0 aromatic rings. The third-order valence-electron chi connectivity index (χ3n) is 5.43. The van der Waals surface area contributed by atoms with E-state index in [4.69, 9.17) is 0 Å². The van der Waals surface area contributed by atoms with E-state index in [1.165, 1.54) is 129 Å². The van der Waals surface area contributed by atoms with Gasteiger partial charge < -0.3 is 4.90 Å². The Morgan fingerprint density at radius 1 is 0.583 bits per heavy atom. The van der Waals surface area contributed by atoms with Gasteiger partial charge in [-0.1, -0.05) is 83.3 Å². The molecular formula is C23H45N. The molecule has 142 valence electrons. The highest BCUT2D eigenvalue weighted by Crippen LogP contribution is 2.12. The molecule has 0 amide bonds. The first-order valence-corrected chi connectivity index (χ1v) is 11.3. The van der Waals surface area contributed by atoms with E-state index < -0.39 is 0 Å². The number of likely N-dealkylation sites (tertiary alicyclic amines) is 1. The summed E-state index contributed by atoms with van der Waals surface area (Å²) >= 11 is 0. The van der Waals surface area contributed by atoms with E-state index in [0.29, 0.717) is 0 Å². The molecule has 1 heterocycles. The van der Waals surface area contributed by atoms with Gasteiger partial charge in [-0.15, -0.1) is 0 Å². The normalized spacial score (nSPS) is 16.2. The van der Waals surface area contributed by atoms with Crippen LogP contribution < -0.4 is 0 Å². The largest absolute Gasteiger partial charge is 0.303 e. The fraction of sp³-hybridized carbons (Fsp3) is 0.913. The Morgan fingerprint density at radius 2 is 1.08 bits per heavy atom. The van der Waals surface area contributed by atoms with Crippen LogP contribution in [-0.2, 0) is 0 Å². The van der Waals surface area contributed by atoms with Crippen LogP contribution >= 0.6 is 0 Å². The van der Waals surface area contributed by atoms with E-state index in [1.54, 1.807) is 0 Å². The highest BCUT2D eigenvalue weighted by molar-refractivity contribution is 4.81. The van der Waals surface area contributed by atoms with Crippen LogP contribution in [-0.4, -0.2) is 24.5 Å². The molecule has 0 spiro atoms. The standard InChI is InChI=1S/C23H45N/c1-2-3-4-5-6-7-8-9-10-11-12-13-14-15-16-18-21-24-22-19-17-20-23-24/h9-10H,2-8,11-23H2,1H3/b10-9-. The number of nitrogens with zero attached hydrogens (tertiary/aromatic N) is 1. The van der Waals surface area contributed by atoms with Crippen LogP contribution in [0.15, 0.2) is 12.2 Å². The molecule has 0 N–H and O–H groups in total. The SMILES string of the molecule is CCCCCCCC/C=C\CCCCCCCCN1CCCCC1. The van der Waals surface area contributed by atoms with Crippen molar-refractivity contribution in [2.75, 3.05) is 19.6 Å². The van der Waals surface area contributed by atoms with Crippen molar-refractivity contribution in [3.63, 3.8) is 0 Å². The monoisotopic (exact) mass is 335 g/mol. The van der Waals surface area contributed by atoms with Crippen LogP contribution in [0.4, 0.5) is 0 Å². The van der Waals surface area contributed by atoms with E-state index in [-0.39, 0.29) is 0 Å². The molecule has 1 rings (SSSR count). The highest BCUT2D eigenvalue weighted by Gasteiger charge is 2.08. The molecule has 0 radical (unpaired) electrons. The summed E-state index contributed by atoms with van der Waals surface area (Å²) in [5.41, 5.74) is 0. The summed E-state index contributed by atoms with van der Waals surface area (Å²) in [7, 11) is 0. The van der Waals surface area contributed by atoms with Crippen molar-refractivity contribution in [2.45, 2.75) is 116 Å². The third-order valence-corrected chi connectivity index (χ3v) is 5.43. The molecule has 1 fully saturated rings. The number of hydrogen-bond donors (Lipinski definition) is 0. The molecular weight excluding hydrogens is 290 g/mol. The quantitative estimate of drug-likeness (QED) is 0.208. The van der Waals surface area contributed by atoms with Crippen molar-refractivity contribution in [1.29, 1.82) is 0 Å². The molecule has 1 aliphatic rings. The minimum atomic E-state index is 1.31. The third kappa shape index (κ3) is 14.1. The maximum absolute atomic E-state index is 2.68. The molecule has 1 heteroatoms. The van der Waals surface area contributed by atoms with E-state index in [2.05, 4.69) is 24.0 Å². The van der Waals surface area contributed by atoms with Crippen LogP contribution in [0, 0.1) is 0 Å². The van der Waals surface area contributed by atoms with E-state index >= 15 is 0 Å². The van der Waals surface area contributed by atoms with Gasteiger partial charge in [0.1, 0.15) is 0 Å². The lowest BCUT2D eigenvalue weighted by atomic mass is 10.1. The summed E-state index contributed by atoms with van der Waals surface area (Å²) in [6.45, 7) is 6.38. The van der Waals surface area contributed by atoms with Gasteiger partial charge in [0.25, 0.3) is 0 Å². The Morgan fingerprint density at radius 3 is 1.67 bits per heavy atom. The zero-order chi connectivity index (χ0) is 17.1. The Hall–Kier alpha value is -0.300. The van der Waals surface area contributed by atoms with Gasteiger partial charge in [0.05, 0.1) is 0 Å². The van der Waals surface area contributed by atoms with Crippen LogP contribution in [0.1, 0.15) is 116 Å². The zero-order valence-corrected chi connectivity index (χ0v) is 16.7. The van der Waals surface area contributed by atoms with Gasteiger partial charge in [-0.25, -0.2) is 0 Å². The second kappa shape index (κ2) is 17.5. The summed E-state index contributed by atoms with van der Waals surface area (Å²) in [5.74, 6) is 0. The Kier molecular flexibility index (Phi) is 15.9. The zero-order valence-electron chi connectivity index (χ0n) is 16.7. The van der Waals surface area contributed by atoms with Gasteiger partial charge in [0, 0.05) is 0 Å². The smallest absolute Gasteiger partial charge is 0.00187 e. The first-order valence-electron chi connectivity index (χ1n) is 11.3. The molecule has 0 aromatic heterocycles. The average molecular weight is 336 g/mol. The van der Waals surface area contributed by atoms with E-state index in [9.17, 15) is 0 Å². The average Bonchev–Trinajstić information content (AvgIpc) is 2.62. The minimum absolute atomic E-state index is 1.31. The predicted octanol–water partition coefficient (Wildman–Crippen LogP) is 7.51. The predicted molar refractivity (Wildman–Crippen MR) is 110 cm³/mol. The van der Waals surface area contributed by atoms with Crippen molar-refractivity contribution in [3.05, 3.63) is 12.2 Å². The van der Waals surface area contributed by atoms with Gasteiger partial charge in [0.15, 0.2) is 0 Å². The lowest BCUT2D eigenvalue weighted by molar-refractivity contribution is 0.224. The van der Waals surface area contributed by atoms with Crippen molar-refractivity contribution in [1.82, 2.24) is 4.90 Å². The summed E-state index contributed by atoms with van der Waals surface area (Å²) in [6, 6.07) is 0. The van der Waals surface area contributed by atoms with Crippen LogP contribution in [0.3, 0.4) is 0 Å². The lowest BCUT2D eigenvalue weighted by Crippen LogP contribution is -2.30. The summed E-state index contributed by atoms with van der Waals surface area (Å²) in [5, 5.41) is 0. The minimum Gasteiger partial charge on any atom is -0.303 e. The van der Waals surface area contributed by atoms with Crippen LogP contribution in [0.5, 0.6) is 0 Å². The molecule has 0 saturated carbocycles. The molecule has 24 heavy (non-hydrogen) atoms. The van der Waals surface area contributed by atoms with Crippen molar-refractivity contribution in [3.8, 4) is 0 Å². The molecule has 1 aliphatic heterocycles. The molecule has 1 nitrogen and oxygen atoms in total. The number of allylic oxidation sites excluding steroid dienone is 2. The van der Waals surface area contributed by atoms with Crippen molar-refractivity contribution in [2.24, 2.45) is 0 Å². The maximum atomic E-state index is 2.68. The Labute approximate surface area is 153 Å². The Balaban J connectivity index is 1.71. The van der Waals surface area contributed by atoms with Crippen LogP contribution in [0.2, 0.25) is 0 Å². The fourth-order valence-corrected chi connectivity index (χ4v) is 3.77. The molecule has 0 aromatic carbocycles. The van der Waals surface area contributed by atoms with Gasteiger partial charge in [-0.05, 0) is 64.6 Å². The molecule has 0 aliphatic carbocycles. The van der Waals surface area contributed by atoms with Gasteiger partial charge in [-0.3, -0.25) is 0 Å². The number of hydrogen-bond acceptors (Lipinski definition) is 1. The number of rotatable bonds is 16. The fourth-order valence-electron chi connectivity index (χ4n) is 3.77. The molecule has 0 bridgehead atoms. The van der Waals surface area contributed by atoms with Gasteiger partial charge in [-0.2, -0.15) is 0 Å². The first kappa shape index (κ1) is 21.7. The molecule has 1 saturated heterocycles. The summed E-state index contributed by atoms with van der Waals surface area (Å²) in [4.78, 5) is 2.68. The number of piperidine rings is 1.